The van der Waals surface area contributed by atoms with Gasteiger partial charge in [0.05, 0.1) is 11.3 Å². The number of ether oxygens (including phenoxy) is 2. The highest BCUT2D eigenvalue weighted by atomic mass is 32.1. The van der Waals surface area contributed by atoms with E-state index in [4.69, 9.17) is 13.9 Å². The molecule has 0 radical (unpaired) electrons. The van der Waals surface area contributed by atoms with Crippen LogP contribution in [0.4, 0.5) is 32.0 Å². The molecule has 2 aliphatic heterocycles. The van der Waals surface area contributed by atoms with Crippen molar-refractivity contribution in [1.29, 1.82) is 0 Å². The van der Waals surface area contributed by atoms with Gasteiger partial charge in [-0.15, -0.1) is 11.3 Å². The second kappa shape index (κ2) is 23.4. The Morgan fingerprint density at radius 2 is 0.929 bits per heavy atom. The van der Waals surface area contributed by atoms with Gasteiger partial charge in [0.1, 0.15) is 17.2 Å². The Labute approximate surface area is 562 Å². The number of carbonyl (C=O) groups is 4. The fourth-order valence-corrected chi connectivity index (χ4v) is 17.2. The zero-order valence-corrected chi connectivity index (χ0v) is 55.0. The first-order valence-electron chi connectivity index (χ1n) is 33.3. The van der Waals surface area contributed by atoms with E-state index in [1.54, 1.807) is 59.5 Å². The summed E-state index contributed by atoms with van der Waals surface area (Å²) in [6.45, 7) is 6.84. The summed E-state index contributed by atoms with van der Waals surface area (Å²) >= 11 is 0.915. The van der Waals surface area contributed by atoms with E-state index in [1.165, 1.54) is 57.4 Å². The Kier molecular flexibility index (Phi) is 15.0. The molecular formula is C81H63F6N3O7S. The van der Waals surface area contributed by atoms with Crippen LogP contribution in [0.5, 0.6) is 5.75 Å². The summed E-state index contributed by atoms with van der Waals surface area (Å²) in [5.41, 5.74) is -2.03. The first-order chi connectivity index (χ1) is 47.3. The number of nitrogens with zero attached hydrogens (tertiary/aromatic N) is 3. The number of benzene rings is 11. The van der Waals surface area contributed by atoms with Gasteiger partial charge in [0.25, 0.3) is 23.6 Å². The number of hydrogen-bond acceptors (Lipinski definition) is 9. The lowest BCUT2D eigenvalue weighted by molar-refractivity contribution is -0.254. The third-order valence-electron chi connectivity index (χ3n) is 20.5. The lowest BCUT2D eigenvalue weighted by Crippen LogP contribution is -2.49. The number of aryl methyl sites for hydroxylation is 1. The highest BCUT2D eigenvalue weighted by molar-refractivity contribution is 7.19. The van der Waals surface area contributed by atoms with Gasteiger partial charge in [-0.3, -0.25) is 24.1 Å². The molecule has 13 aromatic rings. The molecule has 2 aromatic heterocycles. The van der Waals surface area contributed by atoms with E-state index >= 15 is 35.9 Å². The van der Waals surface area contributed by atoms with Crippen LogP contribution in [0.15, 0.2) is 156 Å². The Hall–Kier alpha value is -9.97. The molecule has 4 amide bonds. The maximum absolute atomic E-state index is 17.0. The molecule has 0 saturated heterocycles. The van der Waals surface area contributed by atoms with Crippen LogP contribution in [0.25, 0.3) is 119 Å². The van der Waals surface area contributed by atoms with Crippen molar-refractivity contribution in [1.82, 2.24) is 9.88 Å². The number of unbranched alkanes of at least 4 members (excludes halogenated alkanes) is 6. The largest absolute Gasteiger partial charge is 0.468 e. The Balaban J connectivity index is 0.773. The topological polar surface area (TPSA) is 119 Å². The lowest BCUT2D eigenvalue weighted by atomic mass is 9.80. The lowest BCUT2D eigenvalue weighted by Gasteiger charge is -2.35. The van der Waals surface area contributed by atoms with Gasteiger partial charge in [0, 0.05) is 72.6 Å². The van der Waals surface area contributed by atoms with Crippen molar-refractivity contribution in [2.75, 3.05) is 18.8 Å². The fourth-order valence-electron chi connectivity index (χ4n) is 15.9. The molecule has 11 aromatic carbocycles. The monoisotopic (exact) mass is 1340 g/mol. The minimum Gasteiger partial charge on any atom is -0.468 e. The molecule has 10 nitrogen and oxygen atoms in total. The van der Waals surface area contributed by atoms with E-state index in [-0.39, 0.29) is 74.0 Å². The number of rotatable bonds is 20. The van der Waals surface area contributed by atoms with E-state index in [1.807, 2.05) is 36.4 Å². The molecule has 3 aliphatic rings. The van der Waals surface area contributed by atoms with Crippen LogP contribution >= 0.6 is 11.3 Å². The second-order valence-corrected chi connectivity index (χ2v) is 27.2. The number of fused-ring (bicyclic) bond motifs is 4. The number of anilines is 1. The Bertz CT molecular complexity index is 5340. The quantitative estimate of drug-likeness (QED) is 0.0185. The number of imide groups is 2. The highest BCUT2D eigenvalue weighted by Gasteiger charge is 2.81. The number of methoxy groups -OCH3 is 1. The summed E-state index contributed by atoms with van der Waals surface area (Å²) in [4.78, 5) is 67.0. The van der Waals surface area contributed by atoms with Crippen LogP contribution < -0.4 is 9.64 Å². The van der Waals surface area contributed by atoms with Crippen LogP contribution in [0.1, 0.15) is 142 Å². The molecule has 98 heavy (non-hydrogen) atoms. The molecule has 0 saturated carbocycles. The van der Waals surface area contributed by atoms with E-state index in [0.717, 1.165) is 145 Å². The normalized spacial score (nSPS) is 15.9. The molecule has 4 heterocycles. The van der Waals surface area contributed by atoms with Crippen LogP contribution in [0, 0.1) is 13.8 Å². The zero-order valence-electron chi connectivity index (χ0n) is 54.2. The first-order valence-corrected chi connectivity index (χ1v) is 34.1. The van der Waals surface area contributed by atoms with Gasteiger partial charge in [-0.05, 0) is 181 Å². The number of amides is 4. The van der Waals surface area contributed by atoms with Gasteiger partial charge in [-0.2, -0.15) is 26.3 Å². The number of halogens is 6. The maximum Gasteiger partial charge on any atom is 0.380 e. The van der Waals surface area contributed by atoms with Crippen molar-refractivity contribution < 1.29 is 59.4 Å². The molecule has 0 spiro atoms. The van der Waals surface area contributed by atoms with Crippen molar-refractivity contribution in [3.8, 4) is 38.1 Å². The number of allylic oxidation sites excluding steroid dienone is 2. The van der Waals surface area contributed by atoms with Gasteiger partial charge in [-0.1, -0.05) is 144 Å². The number of carbonyl (C=O) groups excluding carboxylic acids is 4. The Morgan fingerprint density at radius 1 is 0.490 bits per heavy atom. The van der Waals surface area contributed by atoms with Crippen molar-refractivity contribution in [2.45, 2.75) is 116 Å². The number of hydrogen-bond donors (Lipinski definition) is 0. The summed E-state index contributed by atoms with van der Waals surface area (Å²) in [5.74, 6) is -18.8. The minimum absolute atomic E-state index is 0.0276. The number of alkyl halides is 6. The predicted octanol–water partition coefficient (Wildman–Crippen LogP) is 21.8. The van der Waals surface area contributed by atoms with Gasteiger partial charge in [0.2, 0.25) is 5.89 Å². The molecule has 0 fully saturated rings. The highest BCUT2D eigenvalue weighted by Crippen LogP contribution is 2.67. The average molecular weight is 1340 g/mol. The zero-order chi connectivity index (χ0) is 68.0. The van der Waals surface area contributed by atoms with Crippen molar-refractivity contribution in [3.05, 3.63) is 196 Å². The van der Waals surface area contributed by atoms with Gasteiger partial charge in [0.15, 0.2) is 6.79 Å². The fraction of sp³-hybridized carbons (Fsp3) is 0.247. The van der Waals surface area contributed by atoms with Crippen molar-refractivity contribution in [2.24, 2.45) is 0 Å². The Morgan fingerprint density at radius 3 is 1.41 bits per heavy atom. The van der Waals surface area contributed by atoms with Crippen molar-refractivity contribution in [3.63, 3.8) is 0 Å². The van der Waals surface area contributed by atoms with E-state index < -0.39 is 52.0 Å². The van der Waals surface area contributed by atoms with Crippen LogP contribution in [0.2, 0.25) is 0 Å². The molecule has 0 unspecified atom stereocenters. The molecule has 16 rings (SSSR count). The van der Waals surface area contributed by atoms with Gasteiger partial charge in [-0.25, -0.2) is 9.88 Å². The summed E-state index contributed by atoms with van der Waals surface area (Å²) < 4.78 is 116. The molecular weight excluding hydrogens is 1270 g/mol. The van der Waals surface area contributed by atoms with Crippen LogP contribution in [-0.4, -0.2) is 71.2 Å². The number of thiophene rings is 1. The van der Waals surface area contributed by atoms with Gasteiger partial charge < -0.3 is 13.9 Å². The van der Waals surface area contributed by atoms with Gasteiger partial charge >= 0.3 is 17.8 Å². The third kappa shape index (κ3) is 9.06. The third-order valence-corrected chi connectivity index (χ3v) is 21.9. The molecule has 0 atom stereocenters. The minimum atomic E-state index is -5.92. The van der Waals surface area contributed by atoms with Crippen LogP contribution in [-0.2, 0) is 4.74 Å². The predicted molar refractivity (Wildman–Crippen MR) is 375 cm³/mol. The number of oxazole rings is 1. The maximum atomic E-state index is 17.0. The second-order valence-electron chi connectivity index (χ2n) is 26.1. The summed E-state index contributed by atoms with van der Waals surface area (Å²) in [5, 5.41) is 12.1. The van der Waals surface area contributed by atoms with E-state index in [0.29, 0.717) is 38.8 Å². The number of aromatic nitrogens is 1. The molecule has 0 bridgehead atoms. The summed E-state index contributed by atoms with van der Waals surface area (Å²) in [6.07, 6.45) is 9.99. The summed E-state index contributed by atoms with van der Waals surface area (Å²) in [6, 6.07) is 43.6. The van der Waals surface area contributed by atoms with Crippen molar-refractivity contribution >= 4 is 127 Å². The molecule has 492 valence electrons. The van der Waals surface area contributed by atoms with Crippen LogP contribution in [0.3, 0.4) is 0 Å². The molecule has 0 N–H and O–H groups in total. The van der Waals surface area contributed by atoms with E-state index in [9.17, 15) is 9.59 Å². The standard InChI is InChI=1S/C81H63F6N3O7S/c1-6-8-10-15-19-47(20-16-11-9-7-2)89-75(91)58-37-33-54-50-29-31-52-56-35-39-60-68-61(40-36-57(66(56)68)53-32-30-51(63(50)64(52)53)55-34-38-59(76(89)92)67(58)65(54)55)78(94)90(77(60)93)48-25-21-44(22-26-48)72-42(3)62(73(98-72)45-23-27-49(28-24-45)96-41-95-5)69-70(80(84,85)81(86,87)79(69,82)83)71-43(4)97-74(88-71)46-17-13-12-14-18-46/h12-14,17-18,21-40,47H,6-11,15-16,19-20,41H2,1-5H3. The van der Waals surface area contributed by atoms with E-state index in [2.05, 4.69) is 43.1 Å². The molecule has 17 heteroatoms. The first kappa shape index (κ1) is 62.8. The SMILES string of the molecule is CCCCCCC(CCCCCC)N1C(=O)c2ccc3c4ccc5c6ccc7c8c(ccc(c9ccc(c%10ccc(c2c3%10)C1=O)c4c59)c86)C(=O)N(c1ccc(-c2sc(-c3ccc(OCOC)cc3)c(C3=C(c4nc(-c5ccccc5)oc4C)C(F)(F)C(F)(F)C3(F)F)c2C)cc1)C7=O. The smallest absolute Gasteiger partial charge is 0.380 e. The summed E-state index contributed by atoms with van der Waals surface area (Å²) in [7, 11) is 1.42. The average Bonchev–Trinajstić information content (AvgIpc) is 1.49. The molecule has 1 aliphatic carbocycles.